The first-order chi connectivity index (χ1) is 17.0. The van der Waals surface area contributed by atoms with E-state index in [1.54, 1.807) is 36.4 Å². The SMILES string of the molecule is CCOc1cc(/C=C2/C(=O)NN(c3ccccc3)C2=O)cc(Cl)c1OCc1ccc2c(c1)OCO2. The van der Waals surface area contributed by atoms with Gasteiger partial charge >= 0.3 is 0 Å². The lowest BCUT2D eigenvalue weighted by atomic mass is 10.1. The minimum absolute atomic E-state index is 0.0126. The Kier molecular flexibility index (Phi) is 6.20. The van der Waals surface area contributed by atoms with Crippen molar-refractivity contribution < 1.29 is 28.5 Å². The Morgan fingerprint density at radius 2 is 1.83 bits per heavy atom. The van der Waals surface area contributed by atoms with Crippen molar-refractivity contribution in [2.75, 3.05) is 18.4 Å². The van der Waals surface area contributed by atoms with Crippen LogP contribution in [0.3, 0.4) is 0 Å². The van der Waals surface area contributed by atoms with Gasteiger partial charge in [0.25, 0.3) is 11.8 Å². The lowest BCUT2D eigenvalue weighted by Crippen LogP contribution is -2.35. The van der Waals surface area contributed by atoms with Gasteiger partial charge in [0.1, 0.15) is 12.2 Å². The van der Waals surface area contributed by atoms with Gasteiger partial charge in [-0.3, -0.25) is 15.0 Å². The number of hydrogen-bond acceptors (Lipinski definition) is 6. The number of benzene rings is 3. The molecule has 0 spiro atoms. The van der Waals surface area contributed by atoms with Gasteiger partial charge in [0.05, 0.1) is 17.3 Å². The van der Waals surface area contributed by atoms with Crippen LogP contribution >= 0.6 is 11.6 Å². The third-order valence-electron chi connectivity index (χ3n) is 5.37. The van der Waals surface area contributed by atoms with E-state index in [9.17, 15) is 9.59 Å². The summed E-state index contributed by atoms with van der Waals surface area (Å²) >= 11 is 6.54. The summed E-state index contributed by atoms with van der Waals surface area (Å²) < 4.78 is 22.5. The number of anilines is 1. The third-order valence-corrected chi connectivity index (χ3v) is 5.65. The fourth-order valence-corrected chi connectivity index (χ4v) is 4.02. The highest BCUT2D eigenvalue weighted by Gasteiger charge is 2.34. The number of nitrogens with one attached hydrogen (secondary N) is 1. The van der Waals surface area contributed by atoms with E-state index in [0.717, 1.165) is 5.56 Å². The number of rotatable bonds is 7. The third kappa shape index (κ3) is 4.61. The maximum Gasteiger partial charge on any atom is 0.282 e. The number of ether oxygens (including phenoxy) is 4. The number of hydrogen-bond donors (Lipinski definition) is 1. The molecule has 9 heteroatoms. The Morgan fingerprint density at radius 3 is 2.63 bits per heavy atom. The molecule has 0 aliphatic carbocycles. The van der Waals surface area contributed by atoms with Crippen molar-refractivity contribution in [1.29, 1.82) is 0 Å². The molecule has 0 unspecified atom stereocenters. The number of fused-ring (bicyclic) bond motifs is 1. The van der Waals surface area contributed by atoms with Crippen LogP contribution in [-0.4, -0.2) is 25.2 Å². The van der Waals surface area contributed by atoms with Gasteiger partial charge in [-0.15, -0.1) is 0 Å². The zero-order valence-corrected chi connectivity index (χ0v) is 19.5. The first kappa shape index (κ1) is 22.6. The van der Waals surface area contributed by atoms with Crippen LogP contribution in [0, 0.1) is 0 Å². The molecule has 3 aromatic rings. The highest BCUT2D eigenvalue weighted by Crippen LogP contribution is 2.39. The molecule has 8 nitrogen and oxygen atoms in total. The second kappa shape index (κ2) is 9.60. The molecule has 2 aliphatic rings. The molecule has 0 radical (unpaired) electrons. The monoisotopic (exact) mass is 492 g/mol. The van der Waals surface area contributed by atoms with Gasteiger partial charge in [-0.2, -0.15) is 0 Å². The molecule has 35 heavy (non-hydrogen) atoms. The van der Waals surface area contributed by atoms with Crippen LogP contribution in [0.15, 0.2) is 66.2 Å². The van der Waals surface area contributed by atoms with Crippen molar-refractivity contribution in [3.05, 3.63) is 82.4 Å². The molecule has 3 aromatic carbocycles. The smallest absolute Gasteiger partial charge is 0.282 e. The molecule has 0 bridgehead atoms. The predicted molar refractivity (Wildman–Crippen MR) is 130 cm³/mol. The number of halogens is 1. The Hall–Kier alpha value is -4.17. The van der Waals surface area contributed by atoms with Crippen LogP contribution in [0.25, 0.3) is 6.08 Å². The van der Waals surface area contributed by atoms with Crippen LogP contribution < -0.4 is 29.4 Å². The quantitative estimate of drug-likeness (QED) is 0.386. The Labute approximate surface area is 206 Å². The Morgan fingerprint density at radius 1 is 1.03 bits per heavy atom. The second-order valence-corrected chi connectivity index (χ2v) is 8.12. The Balaban J connectivity index is 1.39. The first-order valence-corrected chi connectivity index (χ1v) is 11.3. The maximum atomic E-state index is 12.9. The number of carbonyl (C=O) groups is 2. The predicted octanol–water partition coefficient (Wildman–Crippen LogP) is 4.51. The van der Waals surface area contributed by atoms with Gasteiger partial charge < -0.3 is 18.9 Å². The number of carbonyl (C=O) groups excluding carboxylic acids is 2. The van der Waals surface area contributed by atoms with E-state index in [2.05, 4.69) is 5.43 Å². The van der Waals surface area contributed by atoms with Crippen molar-refractivity contribution in [2.24, 2.45) is 0 Å². The molecule has 0 atom stereocenters. The van der Waals surface area contributed by atoms with Crippen molar-refractivity contribution >= 4 is 35.2 Å². The molecule has 2 heterocycles. The number of para-hydroxylation sites is 1. The summed E-state index contributed by atoms with van der Waals surface area (Å²) in [6.07, 6.45) is 1.48. The summed E-state index contributed by atoms with van der Waals surface area (Å²) in [5.41, 5.74) is 4.53. The van der Waals surface area contributed by atoms with E-state index in [4.69, 9.17) is 30.5 Å². The highest BCUT2D eigenvalue weighted by molar-refractivity contribution is 6.33. The normalized spacial score (nSPS) is 15.5. The molecule has 0 aromatic heterocycles. The van der Waals surface area contributed by atoms with E-state index in [1.807, 2.05) is 31.2 Å². The number of nitrogens with zero attached hydrogens (tertiary/aromatic N) is 1. The van der Waals surface area contributed by atoms with Gasteiger partial charge in [-0.05, 0) is 60.5 Å². The molecule has 1 saturated heterocycles. The molecule has 178 valence electrons. The van der Waals surface area contributed by atoms with Crippen LogP contribution in [0.5, 0.6) is 23.0 Å². The molecule has 1 fully saturated rings. The van der Waals surface area contributed by atoms with Crippen LogP contribution in [0.4, 0.5) is 5.69 Å². The van der Waals surface area contributed by atoms with E-state index < -0.39 is 11.8 Å². The average Bonchev–Trinajstić information content (AvgIpc) is 3.44. The van der Waals surface area contributed by atoms with E-state index in [0.29, 0.717) is 40.9 Å². The second-order valence-electron chi connectivity index (χ2n) is 7.71. The molecule has 2 amide bonds. The Bertz CT molecular complexity index is 1320. The van der Waals surface area contributed by atoms with E-state index >= 15 is 0 Å². The van der Waals surface area contributed by atoms with Gasteiger partial charge in [0.15, 0.2) is 23.0 Å². The summed E-state index contributed by atoms with van der Waals surface area (Å²) in [5, 5.41) is 1.50. The minimum atomic E-state index is -0.504. The van der Waals surface area contributed by atoms with Gasteiger partial charge in [0.2, 0.25) is 6.79 Å². The van der Waals surface area contributed by atoms with E-state index in [1.165, 1.54) is 11.1 Å². The standard InChI is InChI=1S/C26H21ClN2O6/c1-2-32-23-13-17(10-19-25(30)28-29(26(19)31)18-6-4-3-5-7-18)11-20(27)24(23)33-14-16-8-9-21-22(12-16)35-15-34-21/h3-13H,2,14-15H2,1H3,(H,28,30)/b19-10-. The van der Waals surface area contributed by atoms with Crippen molar-refractivity contribution in [3.8, 4) is 23.0 Å². The fraction of sp³-hybridized carbons (Fsp3) is 0.154. The van der Waals surface area contributed by atoms with Crippen LogP contribution in [0.2, 0.25) is 5.02 Å². The van der Waals surface area contributed by atoms with Crippen LogP contribution in [0.1, 0.15) is 18.1 Å². The molecular formula is C26H21ClN2O6. The molecular weight excluding hydrogens is 472 g/mol. The average molecular weight is 493 g/mol. The molecule has 5 rings (SSSR count). The zero-order chi connectivity index (χ0) is 24.4. The van der Waals surface area contributed by atoms with Gasteiger partial charge in [-0.1, -0.05) is 35.9 Å². The topological polar surface area (TPSA) is 86.3 Å². The fourth-order valence-electron chi connectivity index (χ4n) is 3.74. The molecule has 1 N–H and O–H groups in total. The molecule has 2 aliphatic heterocycles. The summed E-state index contributed by atoms with van der Waals surface area (Å²) in [5.74, 6) is 1.15. The first-order valence-electron chi connectivity index (χ1n) is 10.9. The summed E-state index contributed by atoms with van der Waals surface area (Å²) in [4.78, 5) is 25.4. The summed E-state index contributed by atoms with van der Waals surface area (Å²) in [6.45, 7) is 2.63. The van der Waals surface area contributed by atoms with E-state index in [-0.39, 0.29) is 24.0 Å². The number of amides is 2. The van der Waals surface area contributed by atoms with Crippen molar-refractivity contribution in [1.82, 2.24) is 5.43 Å². The summed E-state index contributed by atoms with van der Waals surface area (Å²) in [7, 11) is 0. The maximum absolute atomic E-state index is 12.9. The van der Waals surface area contributed by atoms with Crippen molar-refractivity contribution in [2.45, 2.75) is 13.5 Å². The van der Waals surface area contributed by atoms with Gasteiger partial charge in [-0.25, -0.2) is 5.01 Å². The molecule has 0 saturated carbocycles. The van der Waals surface area contributed by atoms with Crippen LogP contribution in [-0.2, 0) is 16.2 Å². The number of hydrazine groups is 1. The zero-order valence-electron chi connectivity index (χ0n) is 18.7. The van der Waals surface area contributed by atoms with Crippen molar-refractivity contribution in [3.63, 3.8) is 0 Å². The minimum Gasteiger partial charge on any atom is -0.490 e. The summed E-state index contributed by atoms with van der Waals surface area (Å²) in [6, 6.07) is 17.7. The highest BCUT2D eigenvalue weighted by atomic mass is 35.5. The lowest BCUT2D eigenvalue weighted by molar-refractivity contribution is -0.117. The lowest BCUT2D eigenvalue weighted by Gasteiger charge is -2.15. The van der Waals surface area contributed by atoms with Gasteiger partial charge in [0, 0.05) is 0 Å². The largest absolute Gasteiger partial charge is 0.490 e.